The van der Waals surface area contributed by atoms with Crippen LogP contribution in [0.15, 0.2) is 66.7 Å². The molecule has 4 N–H and O–H groups in total. The van der Waals surface area contributed by atoms with Crippen molar-refractivity contribution < 1.29 is 19.2 Å². The number of imide groups is 1. The quantitative estimate of drug-likeness (QED) is 0.161. The van der Waals surface area contributed by atoms with Gasteiger partial charge in [-0.25, -0.2) is 0 Å². The summed E-state index contributed by atoms with van der Waals surface area (Å²) in [5.74, 6) is -0.798. The minimum Gasteiger partial charge on any atom is -0.385 e. The lowest BCUT2D eigenvalue weighted by Crippen LogP contribution is -2.50. The van der Waals surface area contributed by atoms with E-state index >= 15 is 0 Å². The fourth-order valence-electron chi connectivity index (χ4n) is 8.07. The lowest BCUT2D eigenvalue weighted by atomic mass is 9.78. The maximum absolute atomic E-state index is 13.4. The van der Waals surface area contributed by atoms with Crippen LogP contribution in [-0.4, -0.2) is 91.3 Å². The van der Waals surface area contributed by atoms with E-state index in [-0.39, 0.29) is 42.0 Å². The average molecular weight is 753 g/mol. The van der Waals surface area contributed by atoms with Crippen molar-refractivity contribution in [3.63, 3.8) is 0 Å². The molecule has 3 aliphatic rings. The van der Waals surface area contributed by atoms with Gasteiger partial charge < -0.3 is 25.8 Å². The van der Waals surface area contributed by atoms with E-state index in [1.165, 1.54) is 0 Å². The lowest BCUT2D eigenvalue weighted by Gasteiger charge is -2.34. The van der Waals surface area contributed by atoms with Crippen molar-refractivity contribution in [1.82, 2.24) is 15.1 Å². The Labute approximate surface area is 322 Å². The molecule has 0 radical (unpaired) electrons. The normalized spacial score (nSPS) is 21.7. The molecule has 1 unspecified atom stereocenters. The fraction of sp³-hybridized carbons (Fsp3) is 0.439. The molecule has 3 atom stereocenters. The first-order valence-electron chi connectivity index (χ1n) is 18.9. The number of anilines is 4. The SMILES string of the molecule is CCCC1(CCNc2ccc(C(=O)N3CCN(CC(=O)Nc4cccc(N[C@@H]5CCC(=O)NC5=O)c4)CC3)cc2)C[C@H](C)N(c2ccc(C#N)c(Cl)c2)C1. The van der Waals surface area contributed by atoms with E-state index in [2.05, 4.69) is 46.1 Å². The highest BCUT2D eigenvalue weighted by Crippen LogP contribution is 2.44. The number of nitrogens with zero attached hydrogens (tertiary/aromatic N) is 4. The van der Waals surface area contributed by atoms with E-state index in [0.29, 0.717) is 66.2 Å². The van der Waals surface area contributed by atoms with E-state index in [1.807, 2.05) is 52.3 Å². The van der Waals surface area contributed by atoms with E-state index in [9.17, 15) is 24.4 Å². The lowest BCUT2D eigenvalue weighted by molar-refractivity contribution is -0.133. The Morgan fingerprint density at radius 2 is 1.74 bits per heavy atom. The number of hydrogen-bond acceptors (Lipinski definition) is 9. The summed E-state index contributed by atoms with van der Waals surface area (Å²) in [5.41, 5.74) is 4.63. The molecule has 0 aromatic heterocycles. The van der Waals surface area contributed by atoms with Crippen molar-refractivity contribution in [1.29, 1.82) is 5.26 Å². The smallest absolute Gasteiger partial charge is 0.253 e. The highest BCUT2D eigenvalue weighted by atomic mass is 35.5. The van der Waals surface area contributed by atoms with E-state index in [4.69, 9.17) is 11.6 Å². The number of nitriles is 1. The second-order valence-electron chi connectivity index (χ2n) is 14.8. The average Bonchev–Trinajstić information content (AvgIpc) is 3.48. The van der Waals surface area contributed by atoms with Crippen molar-refractivity contribution in [2.45, 2.75) is 64.5 Å². The molecule has 284 valence electrons. The molecule has 0 saturated carbocycles. The van der Waals surface area contributed by atoms with Gasteiger partial charge in [0.25, 0.3) is 5.91 Å². The standard InChI is InChI=1S/C41H49ClN8O4/c1-3-15-41(24-28(2)50(27-41)34-12-9-30(25-43)35(42)23-34)16-17-44-31-10-7-29(8-11-31)40(54)49-20-18-48(19-21-49)26-38(52)46-33-6-4-5-32(22-33)45-36-13-14-37(51)47-39(36)53/h4-12,22-23,28,36,44-45H,3,13-21,24,26-27H2,1-2H3,(H,46,52)(H,47,51,53)/t28-,36+,41?/m0/s1. The van der Waals surface area contributed by atoms with Crippen LogP contribution in [-0.2, 0) is 14.4 Å². The summed E-state index contributed by atoms with van der Waals surface area (Å²) >= 11 is 6.38. The second-order valence-corrected chi connectivity index (χ2v) is 15.2. The van der Waals surface area contributed by atoms with Crippen molar-refractivity contribution >= 4 is 58.0 Å². The topological polar surface area (TPSA) is 150 Å². The minimum atomic E-state index is -0.506. The summed E-state index contributed by atoms with van der Waals surface area (Å²) in [6.45, 7) is 8.70. The van der Waals surface area contributed by atoms with Gasteiger partial charge in [-0.15, -0.1) is 0 Å². The third kappa shape index (κ3) is 9.51. The molecule has 0 aliphatic carbocycles. The number of piperazine rings is 1. The van der Waals surface area contributed by atoms with Crippen molar-refractivity contribution in [2.24, 2.45) is 5.41 Å². The number of halogens is 1. The second kappa shape index (κ2) is 17.3. The van der Waals surface area contributed by atoms with Crippen LogP contribution in [0.4, 0.5) is 22.7 Å². The van der Waals surface area contributed by atoms with Crippen LogP contribution < -0.4 is 26.2 Å². The molecule has 6 rings (SSSR count). The Kier molecular flexibility index (Phi) is 12.4. The number of carbonyl (C=O) groups is 4. The van der Waals surface area contributed by atoms with Crippen LogP contribution in [0.3, 0.4) is 0 Å². The number of nitrogens with one attached hydrogen (secondary N) is 4. The molecule has 3 heterocycles. The van der Waals surface area contributed by atoms with E-state index < -0.39 is 6.04 Å². The predicted octanol–water partition coefficient (Wildman–Crippen LogP) is 5.71. The molecule has 3 aromatic rings. The zero-order valence-electron chi connectivity index (χ0n) is 31.0. The molecular formula is C41H49ClN8O4. The van der Waals surface area contributed by atoms with Gasteiger partial charge in [0.2, 0.25) is 17.7 Å². The number of benzene rings is 3. The van der Waals surface area contributed by atoms with Gasteiger partial charge in [-0.2, -0.15) is 5.26 Å². The van der Waals surface area contributed by atoms with Gasteiger partial charge in [0.05, 0.1) is 17.1 Å². The van der Waals surface area contributed by atoms with Gasteiger partial charge in [0.1, 0.15) is 12.1 Å². The van der Waals surface area contributed by atoms with Crippen molar-refractivity contribution in [2.75, 3.05) is 66.7 Å². The van der Waals surface area contributed by atoms with Gasteiger partial charge in [0, 0.05) is 80.0 Å². The molecular weight excluding hydrogens is 704 g/mol. The number of rotatable bonds is 13. The summed E-state index contributed by atoms with van der Waals surface area (Å²) in [4.78, 5) is 56.1. The van der Waals surface area contributed by atoms with Crippen LogP contribution in [0.5, 0.6) is 0 Å². The summed E-state index contributed by atoms with van der Waals surface area (Å²) in [6, 6.07) is 22.6. The third-order valence-electron chi connectivity index (χ3n) is 10.8. The summed E-state index contributed by atoms with van der Waals surface area (Å²) in [7, 11) is 0. The molecule has 3 saturated heterocycles. The number of piperidine rings is 1. The minimum absolute atomic E-state index is 0.0178. The summed E-state index contributed by atoms with van der Waals surface area (Å²) < 4.78 is 0. The molecule has 0 spiro atoms. The summed E-state index contributed by atoms with van der Waals surface area (Å²) in [5, 5.41) is 21.8. The van der Waals surface area contributed by atoms with Gasteiger partial charge in [-0.3, -0.25) is 29.4 Å². The van der Waals surface area contributed by atoms with E-state index in [0.717, 1.165) is 50.1 Å². The highest BCUT2D eigenvalue weighted by Gasteiger charge is 2.41. The maximum Gasteiger partial charge on any atom is 0.253 e. The number of carbonyl (C=O) groups excluding carboxylic acids is 4. The zero-order valence-corrected chi connectivity index (χ0v) is 31.8. The third-order valence-corrected chi connectivity index (χ3v) is 11.1. The predicted molar refractivity (Wildman–Crippen MR) is 212 cm³/mol. The molecule has 12 nitrogen and oxygen atoms in total. The first-order valence-corrected chi connectivity index (χ1v) is 19.2. The molecule has 3 aromatic carbocycles. The van der Waals surface area contributed by atoms with Gasteiger partial charge in [0.15, 0.2) is 0 Å². The molecule has 13 heteroatoms. The largest absolute Gasteiger partial charge is 0.385 e. The van der Waals surface area contributed by atoms with Crippen LogP contribution in [0.25, 0.3) is 0 Å². The van der Waals surface area contributed by atoms with Gasteiger partial charge in [-0.05, 0) is 98.7 Å². The molecule has 0 bridgehead atoms. The summed E-state index contributed by atoms with van der Waals surface area (Å²) in [6.07, 6.45) is 5.04. The van der Waals surface area contributed by atoms with Crippen LogP contribution >= 0.6 is 11.6 Å². The van der Waals surface area contributed by atoms with Gasteiger partial charge >= 0.3 is 0 Å². The Bertz CT molecular complexity index is 1890. The Morgan fingerprint density at radius 1 is 0.981 bits per heavy atom. The monoisotopic (exact) mass is 752 g/mol. The molecule has 3 aliphatic heterocycles. The Balaban J connectivity index is 0.935. The van der Waals surface area contributed by atoms with Crippen LogP contribution in [0, 0.1) is 16.7 Å². The van der Waals surface area contributed by atoms with Gasteiger partial charge in [-0.1, -0.05) is 31.0 Å². The van der Waals surface area contributed by atoms with E-state index in [1.54, 1.807) is 24.3 Å². The molecule has 3 fully saturated rings. The highest BCUT2D eigenvalue weighted by molar-refractivity contribution is 6.32. The first kappa shape index (κ1) is 38.6. The maximum atomic E-state index is 13.4. The first-order chi connectivity index (χ1) is 26.0. The number of amides is 4. The van der Waals surface area contributed by atoms with Crippen LogP contribution in [0.1, 0.15) is 68.3 Å². The Morgan fingerprint density at radius 3 is 2.44 bits per heavy atom. The Hall–Kier alpha value is -5.12. The zero-order chi connectivity index (χ0) is 38.2. The molecule has 4 amide bonds. The molecule has 54 heavy (non-hydrogen) atoms. The fourth-order valence-corrected chi connectivity index (χ4v) is 8.29. The van der Waals surface area contributed by atoms with Crippen LogP contribution in [0.2, 0.25) is 5.02 Å². The van der Waals surface area contributed by atoms with Crippen molar-refractivity contribution in [3.05, 3.63) is 82.9 Å². The number of hydrogen-bond donors (Lipinski definition) is 4. The van der Waals surface area contributed by atoms with Crippen molar-refractivity contribution in [3.8, 4) is 6.07 Å².